The van der Waals surface area contributed by atoms with Crippen molar-refractivity contribution in [3.8, 4) is 5.75 Å². The van der Waals surface area contributed by atoms with Crippen molar-refractivity contribution in [1.29, 1.82) is 0 Å². The van der Waals surface area contributed by atoms with E-state index in [1.165, 1.54) is 12.7 Å². The molecular weight excluding hydrogens is 254 g/mol. The summed E-state index contributed by atoms with van der Waals surface area (Å²) in [5.74, 6) is 0.783. The Bertz CT molecular complexity index is 496. The van der Waals surface area contributed by atoms with E-state index in [2.05, 4.69) is 42.7 Å². The lowest BCUT2D eigenvalue weighted by Gasteiger charge is -2.39. The fourth-order valence-electron chi connectivity index (χ4n) is 2.63. The van der Waals surface area contributed by atoms with Gasteiger partial charge < -0.3 is 14.4 Å². The molecule has 0 fully saturated rings. The zero-order valence-corrected chi connectivity index (χ0v) is 12.7. The van der Waals surface area contributed by atoms with E-state index in [0.717, 1.165) is 30.8 Å². The van der Waals surface area contributed by atoms with Crippen LogP contribution in [0.3, 0.4) is 0 Å². The second-order valence-electron chi connectivity index (χ2n) is 5.95. The van der Waals surface area contributed by atoms with Gasteiger partial charge in [-0.3, -0.25) is 4.79 Å². The average molecular weight is 277 g/mol. The second kappa shape index (κ2) is 5.73. The van der Waals surface area contributed by atoms with Gasteiger partial charge in [-0.15, -0.1) is 0 Å². The van der Waals surface area contributed by atoms with Crippen LogP contribution >= 0.6 is 0 Å². The number of hydrogen-bond acceptors (Lipinski definition) is 4. The molecule has 0 spiro atoms. The molecule has 0 saturated carbocycles. The number of ether oxygens (including phenoxy) is 2. The first kappa shape index (κ1) is 14.7. The normalized spacial score (nSPS) is 16.3. The zero-order valence-electron chi connectivity index (χ0n) is 12.7. The number of aryl methyl sites for hydroxylation is 1. The number of rotatable bonds is 4. The van der Waals surface area contributed by atoms with Crippen LogP contribution in [0.1, 0.15) is 32.3 Å². The molecule has 4 heteroatoms. The Morgan fingerprint density at radius 1 is 1.45 bits per heavy atom. The van der Waals surface area contributed by atoms with E-state index in [0.29, 0.717) is 6.42 Å². The second-order valence-corrected chi connectivity index (χ2v) is 5.95. The highest BCUT2D eigenvalue weighted by atomic mass is 16.5. The Balaban J connectivity index is 2.05. The molecular formula is C16H23NO3. The third kappa shape index (κ3) is 3.44. The number of likely N-dealkylation sites (N-methyl/N-ethyl adjacent to an activating group) is 1. The van der Waals surface area contributed by atoms with Gasteiger partial charge in [-0.05, 0) is 44.4 Å². The highest BCUT2D eigenvalue weighted by molar-refractivity contribution is 5.69. The van der Waals surface area contributed by atoms with Crippen LogP contribution in [0.4, 0.5) is 5.69 Å². The SMILES string of the molecule is COC(=O)CCCc1ccc2c(c1)N(C)CC(C)(C)O2. The molecule has 0 bridgehead atoms. The number of carbonyl (C=O) groups is 1. The molecule has 0 aliphatic carbocycles. The topological polar surface area (TPSA) is 38.8 Å². The summed E-state index contributed by atoms with van der Waals surface area (Å²) in [5, 5.41) is 0. The molecule has 0 amide bonds. The molecule has 4 nitrogen and oxygen atoms in total. The number of nitrogens with zero attached hydrogens (tertiary/aromatic N) is 1. The van der Waals surface area contributed by atoms with E-state index < -0.39 is 0 Å². The summed E-state index contributed by atoms with van der Waals surface area (Å²) >= 11 is 0. The first-order valence-electron chi connectivity index (χ1n) is 7.01. The van der Waals surface area contributed by atoms with Crippen LogP contribution in [0.5, 0.6) is 5.75 Å². The van der Waals surface area contributed by atoms with E-state index in [1.807, 2.05) is 6.07 Å². The molecule has 20 heavy (non-hydrogen) atoms. The lowest BCUT2D eigenvalue weighted by molar-refractivity contribution is -0.140. The van der Waals surface area contributed by atoms with Gasteiger partial charge in [0.25, 0.3) is 0 Å². The summed E-state index contributed by atoms with van der Waals surface area (Å²) in [4.78, 5) is 13.3. The maximum Gasteiger partial charge on any atom is 0.305 e. The minimum atomic E-state index is -0.159. The van der Waals surface area contributed by atoms with Crippen LogP contribution in [0.15, 0.2) is 18.2 Å². The van der Waals surface area contributed by atoms with Crippen molar-refractivity contribution in [1.82, 2.24) is 0 Å². The summed E-state index contributed by atoms with van der Waals surface area (Å²) < 4.78 is 10.6. The molecule has 0 radical (unpaired) electrons. The zero-order chi connectivity index (χ0) is 14.8. The van der Waals surface area contributed by atoms with Crippen molar-refractivity contribution in [3.63, 3.8) is 0 Å². The maximum atomic E-state index is 11.1. The van der Waals surface area contributed by atoms with Crippen molar-refractivity contribution < 1.29 is 14.3 Å². The van der Waals surface area contributed by atoms with Gasteiger partial charge in [0.2, 0.25) is 0 Å². The average Bonchev–Trinajstić information content (AvgIpc) is 2.38. The monoisotopic (exact) mass is 277 g/mol. The number of fused-ring (bicyclic) bond motifs is 1. The molecule has 1 aliphatic heterocycles. The highest BCUT2D eigenvalue weighted by Crippen LogP contribution is 2.36. The molecule has 1 aromatic carbocycles. The number of hydrogen-bond donors (Lipinski definition) is 0. The summed E-state index contributed by atoms with van der Waals surface area (Å²) in [5.41, 5.74) is 2.19. The van der Waals surface area contributed by atoms with Crippen molar-refractivity contribution in [2.75, 3.05) is 25.6 Å². The molecule has 0 N–H and O–H groups in total. The molecule has 1 aliphatic rings. The van der Waals surface area contributed by atoms with E-state index in [9.17, 15) is 4.79 Å². The molecule has 1 aromatic rings. The molecule has 0 unspecified atom stereocenters. The van der Waals surface area contributed by atoms with Crippen LogP contribution in [0.2, 0.25) is 0 Å². The van der Waals surface area contributed by atoms with Crippen molar-refractivity contribution in [2.24, 2.45) is 0 Å². The van der Waals surface area contributed by atoms with Gasteiger partial charge in [-0.2, -0.15) is 0 Å². The van der Waals surface area contributed by atoms with E-state index in [-0.39, 0.29) is 11.6 Å². The summed E-state index contributed by atoms with van der Waals surface area (Å²) in [7, 11) is 3.51. The smallest absolute Gasteiger partial charge is 0.305 e. The Morgan fingerprint density at radius 3 is 2.90 bits per heavy atom. The summed E-state index contributed by atoms with van der Waals surface area (Å²) in [6.07, 6.45) is 2.15. The minimum Gasteiger partial charge on any atom is -0.484 e. The lowest BCUT2D eigenvalue weighted by Crippen LogP contribution is -2.45. The van der Waals surface area contributed by atoms with Gasteiger partial charge in [0.1, 0.15) is 11.4 Å². The number of benzene rings is 1. The van der Waals surface area contributed by atoms with Crippen molar-refractivity contribution >= 4 is 11.7 Å². The number of methoxy groups -OCH3 is 1. The fourth-order valence-corrected chi connectivity index (χ4v) is 2.63. The Hall–Kier alpha value is -1.71. The Morgan fingerprint density at radius 2 is 2.20 bits per heavy atom. The number of anilines is 1. The Kier molecular flexibility index (Phi) is 4.21. The van der Waals surface area contributed by atoms with Crippen LogP contribution in [-0.2, 0) is 16.0 Å². The van der Waals surface area contributed by atoms with E-state index in [4.69, 9.17) is 4.74 Å². The first-order chi connectivity index (χ1) is 9.41. The summed E-state index contributed by atoms with van der Waals surface area (Å²) in [6.45, 7) is 5.05. The van der Waals surface area contributed by atoms with Crippen LogP contribution in [0, 0.1) is 0 Å². The molecule has 1 heterocycles. The van der Waals surface area contributed by atoms with Crippen molar-refractivity contribution in [3.05, 3.63) is 23.8 Å². The quantitative estimate of drug-likeness (QED) is 0.793. The number of esters is 1. The largest absolute Gasteiger partial charge is 0.484 e. The first-order valence-corrected chi connectivity index (χ1v) is 7.01. The lowest BCUT2D eigenvalue weighted by atomic mass is 10.0. The molecule has 0 aromatic heterocycles. The fraction of sp³-hybridized carbons (Fsp3) is 0.562. The molecule has 0 saturated heterocycles. The third-order valence-corrected chi connectivity index (χ3v) is 3.51. The predicted octanol–water partition coefficient (Wildman–Crippen LogP) is 2.79. The van der Waals surface area contributed by atoms with E-state index >= 15 is 0 Å². The minimum absolute atomic E-state index is 0.148. The standard InChI is InChI=1S/C16H23NO3/c1-16(2)11-17(3)13-10-12(8-9-14(13)20-16)6-5-7-15(18)19-4/h8-10H,5-7,11H2,1-4H3. The van der Waals surface area contributed by atoms with Gasteiger partial charge in [-0.25, -0.2) is 0 Å². The van der Waals surface area contributed by atoms with Crippen LogP contribution in [0.25, 0.3) is 0 Å². The van der Waals surface area contributed by atoms with Gasteiger partial charge >= 0.3 is 5.97 Å². The van der Waals surface area contributed by atoms with Gasteiger partial charge in [0, 0.05) is 13.5 Å². The van der Waals surface area contributed by atoms with Gasteiger partial charge in [0.05, 0.1) is 19.3 Å². The molecule has 2 rings (SSSR count). The number of carbonyl (C=O) groups excluding carboxylic acids is 1. The van der Waals surface area contributed by atoms with Gasteiger partial charge in [0.15, 0.2) is 0 Å². The predicted molar refractivity (Wildman–Crippen MR) is 79.4 cm³/mol. The van der Waals surface area contributed by atoms with Gasteiger partial charge in [-0.1, -0.05) is 6.07 Å². The molecule has 110 valence electrons. The van der Waals surface area contributed by atoms with E-state index in [1.54, 1.807) is 0 Å². The third-order valence-electron chi connectivity index (χ3n) is 3.51. The van der Waals surface area contributed by atoms with Crippen LogP contribution < -0.4 is 9.64 Å². The van der Waals surface area contributed by atoms with Crippen molar-refractivity contribution in [2.45, 2.75) is 38.7 Å². The highest BCUT2D eigenvalue weighted by Gasteiger charge is 2.29. The van der Waals surface area contributed by atoms with Crippen LogP contribution in [-0.4, -0.2) is 32.3 Å². The summed E-state index contributed by atoms with van der Waals surface area (Å²) in [6, 6.07) is 6.26. The molecule has 0 atom stereocenters. The maximum absolute atomic E-state index is 11.1. The Labute approximate surface area is 120 Å².